The Morgan fingerprint density at radius 2 is 1.38 bits per heavy atom. The van der Waals surface area contributed by atoms with Gasteiger partial charge in [-0.25, -0.2) is 0 Å². The van der Waals surface area contributed by atoms with Crippen molar-refractivity contribution in [2.75, 3.05) is 26.2 Å². The highest BCUT2D eigenvalue weighted by Crippen LogP contribution is 2.53. The highest BCUT2D eigenvalue weighted by atomic mass is 16.5. The minimum atomic E-state index is -1.21. The summed E-state index contributed by atoms with van der Waals surface area (Å²) < 4.78 is 6.76. The van der Waals surface area contributed by atoms with Crippen molar-refractivity contribution in [3.05, 3.63) is 96.1 Å². The molecule has 0 aliphatic carbocycles. The molecule has 0 saturated carbocycles. The molecular formula is C34H39N3O5. The van der Waals surface area contributed by atoms with E-state index in [9.17, 15) is 19.5 Å². The number of ether oxygens (including phenoxy) is 1. The smallest absolute Gasteiger partial charge is 0.249 e. The number of benzene rings is 2. The molecule has 8 heteroatoms. The van der Waals surface area contributed by atoms with Crippen molar-refractivity contribution in [2.45, 2.75) is 56.5 Å². The summed E-state index contributed by atoms with van der Waals surface area (Å²) in [5, 5.41) is 9.19. The summed E-state index contributed by atoms with van der Waals surface area (Å²) in [7, 11) is 0. The van der Waals surface area contributed by atoms with Gasteiger partial charge in [0, 0.05) is 39.3 Å². The molecule has 1 N–H and O–H groups in total. The maximum atomic E-state index is 14.4. The fraction of sp³-hybridized carbons (Fsp3) is 0.441. The molecule has 220 valence electrons. The maximum Gasteiger partial charge on any atom is 0.249 e. The van der Waals surface area contributed by atoms with Gasteiger partial charge in [-0.05, 0) is 24.0 Å². The van der Waals surface area contributed by atoms with Gasteiger partial charge in [0.25, 0.3) is 0 Å². The summed E-state index contributed by atoms with van der Waals surface area (Å²) in [5.41, 5.74) is 0.821. The van der Waals surface area contributed by atoms with Crippen molar-refractivity contribution in [3.8, 4) is 0 Å². The van der Waals surface area contributed by atoms with E-state index in [1.807, 2.05) is 85.0 Å². The van der Waals surface area contributed by atoms with E-state index < -0.39 is 29.6 Å². The summed E-state index contributed by atoms with van der Waals surface area (Å²) in [5.74, 6) is -1.93. The van der Waals surface area contributed by atoms with Gasteiger partial charge in [0.15, 0.2) is 0 Å². The van der Waals surface area contributed by atoms with Gasteiger partial charge >= 0.3 is 0 Å². The topological polar surface area (TPSA) is 90.4 Å². The summed E-state index contributed by atoms with van der Waals surface area (Å²) in [6, 6.07) is 18.9. The van der Waals surface area contributed by atoms with Gasteiger partial charge < -0.3 is 24.5 Å². The van der Waals surface area contributed by atoms with E-state index in [4.69, 9.17) is 4.74 Å². The lowest BCUT2D eigenvalue weighted by atomic mass is 9.77. The third-order valence-corrected chi connectivity index (χ3v) is 9.07. The van der Waals surface area contributed by atoms with Crippen LogP contribution in [0.15, 0.2) is 85.0 Å². The molecule has 3 amide bonds. The van der Waals surface area contributed by atoms with Crippen molar-refractivity contribution in [1.82, 2.24) is 14.7 Å². The highest BCUT2D eigenvalue weighted by molar-refractivity contribution is 5.99. The molecule has 2 aromatic rings. The van der Waals surface area contributed by atoms with Gasteiger partial charge in [-0.2, -0.15) is 0 Å². The molecule has 6 rings (SSSR count). The van der Waals surface area contributed by atoms with E-state index in [-0.39, 0.29) is 24.3 Å². The number of hydrogen-bond donors (Lipinski definition) is 1. The predicted octanol–water partition coefficient (Wildman–Crippen LogP) is 3.32. The summed E-state index contributed by atoms with van der Waals surface area (Å²) in [4.78, 5) is 48.2. The molecule has 4 aliphatic rings. The van der Waals surface area contributed by atoms with Gasteiger partial charge in [0.05, 0.1) is 17.9 Å². The first-order valence-electron chi connectivity index (χ1n) is 15.1. The van der Waals surface area contributed by atoms with E-state index in [0.29, 0.717) is 45.6 Å². The first kappa shape index (κ1) is 28.4. The molecule has 2 saturated heterocycles. The molecule has 2 fully saturated rings. The molecule has 1 spiro atoms. The quantitative estimate of drug-likeness (QED) is 0.350. The monoisotopic (exact) mass is 569 g/mol. The Balaban J connectivity index is 1.33. The van der Waals surface area contributed by atoms with Crippen LogP contribution in [0.4, 0.5) is 0 Å². The number of unbranched alkanes of at least 4 members (excludes halogenated alkanes) is 3. The van der Waals surface area contributed by atoms with E-state index >= 15 is 0 Å². The van der Waals surface area contributed by atoms with Crippen LogP contribution in [0, 0.1) is 11.8 Å². The SMILES string of the molecule is O=C1C2N(CCCCCCO)C(=O)[C@@H]3[C@H]4C(=O)N(Cc5ccccc5)CC=C[C@H]4O[C@]23C=CCN1Cc1ccccc1. The largest absolute Gasteiger partial charge is 0.396 e. The summed E-state index contributed by atoms with van der Waals surface area (Å²) >= 11 is 0. The molecule has 1 unspecified atom stereocenters. The van der Waals surface area contributed by atoms with E-state index in [2.05, 4.69) is 0 Å². The molecule has 2 aromatic carbocycles. The van der Waals surface area contributed by atoms with Crippen LogP contribution in [0.3, 0.4) is 0 Å². The molecule has 5 atom stereocenters. The van der Waals surface area contributed by atoms with Crippen molar-refractivity contribution >= 4 is 17.7 Å². The number of hydrogen-bond acceptors (Lipinski definition) is 5. The zero-order valence-corrected chi connectivity index (χ0v) is 23.9. The standard InChI is InChI=1S/C34H39N3O5/c38-22-10-2-1-9-21-37-30-33(41)36(24-26-15-7-4-8-16-26)20-12-18-34(30)29(32(37)40)28-27(42-34)17-11-19-35(31(28)39)23-25-13-5-3-6-14-25/h3-8,11-18,27-30,38H,1-2,9-10,19-24H2/t27-,28+,29+,30?,34+/m1/s1. The fourth-order valence-corrected chi connectivity index (χ4v) is 7.12. The Morgan fingerprint density at radius 1 is 0.762 bits per heavy atom. The number of aliphatic hydroxyl groups is 1. The second-order valence-corrected chi connectivity index (χ2v) is 11.8. The van der Waals surface area contributed by atoms with Gasteiger partial charge in [0.2, 0.25) is 17.7 Å². The van der Waals surface area contributed by atoms with Crippen molar-refractivity contribution in [2.24, 2.45) is 11.8 Å². The van der Waals surface area contributed by atoms with Gasteiger partial charge in [0.1, 0.15) is 11.6 Å². The number of carbonyl (C=O) groups excluding carboxylic acids is 3. The number of carbonyl (C=O) groups is 3. The average molecular weight is 570 g/mol. The fourth-order valence-electron chi connectivity index (χ4n) is 7.12. The number of likely N-dealkylation sites (tertiary alicyclic amines) is 1. The van der Waals surface area contributed by atoms with Crippen LogP contribution in [0.25, 0.3) is 0 Å². The molecule has 4 heterocycles. The first-order valence-corrected chi connectivity index (χ1v) is 15.1. The second-order valence-electron chi connectivity index (χ2n) is 11.8. The van der Waals surface area contributed by atoms with Crippen LogP contribution >= 0.6 is 0 Å². The van der Waals surface area contributed by atoms with E-state index in [1.165, 1.54) is 0 Å². The zero-order chi connectivity index (χ0) is 29.1. The third kappa shape index (κ3) is 5.18. The maximum absolute atomic E-state index is 14.4. The number of aliphatic hydroxyl groups excluding tert-OH is 1. The molecule has 4 aliphatic heterocycles. The van der Waals surface area contributed by atoms with Gasteiger partial charge in [-0.3, -0.25) is 14.4 Å². The second kappa shape index (κ2) is 12.2. The highest BCUT2D eigenvalue weighted by Gasteiger charge is 2.71. The van der Waals surface area contributed by atoms with Gasteiger partial charge in [-0.15, -0.1) is 0 Å². The summed E-state index contributed by atoms with van der Waals surface area (Å²) in [6.07, 6.45) is 10.2. The number of fused-ring (bicyclic) bond motifs is 2. The number of rotatable bonds is 10. The van der Waals surface area contributed by atoms with Crippen LogP contribution in [0.2, 0.25) is 0 Å². The molecule has 0 aromatic heterocycles. The van der Waals surface area contributed by atoms with E-state index in [0.717, 1.165) is 24.0 Å². The lowest BCUT2D eigenvalue weighted by Gasteiger charge is -2.35. The Hall–Kier alpha value is -3.75. The van der Waals surface area contributed by atoms with Crippen LogP contribution in [-0.2, 0) is 32.2 Å². The Morgan fingerprint density at radius 3 is 2.05 bits per heavy atom. The first-order chi connectivity index (χ1) is 20.5. The molecule has 0 bridgehead atoms. The van der Waals surface area contributed by atoms with Crippen molar-refractivity contribution in [3.63, 3.8) is 0 Å². The molecule has 0 radical (unpaired) electrons. The molecule has 42 heavy (non-hydrogen) atoms. The molecular weight excluding hydrogens is 530 g/mol. The van der Waals surface area contributed by atoms with Gasteiger partial charge in [-0.1, -0.05) is 97.8 Å². The van der Waals surface area contributed by atoms with E-state index in [1.54, 1.807) is 14.7 Å². The predicted molar refractivity (Wildman–Crippen MR) is 158 cm³/mol. The number of amides is 3. The molecule has 8 nitrogen and oxygen atoms in total. The third-order valence-electron chi connectivity index (χ3n) is 9.07. The lowest BCUT2D eigenvalue weighted by molar-refractivity contribution is -0.148. The number of nitrogens with zero attached hydrogens (tertiary/aromatic N) is 3. The van der Waals surface area contributed by atoms with Crippen molar-refractivity contribution < 1.29 is 24.2 Å². The Kier molecular flexibility index (Phi) is 8.27. The van der Waals surface area contributed by atoms with Crippen LogP contribution in [-0.4, -0.2) is 81.5 Å². The Bertz CT molecular complexity index is 1350. The van der Waals surface area contributed by atoms with Crippen LogP contribution in [0.1, 0.15) is 36.8 Å². The lowest BCUT2D eigenvalue weighted by Crippen LogP contribution is -2.55. The minimum absolute atomic E-state index is 0.112. The Labute approximate surface area is 247 Å². The van der Waals surface area contributed by atoms with Crippen LogP contribution < -0.4 is 0 Å². The average Bonchev–Trinajstić information content (AvgIpc) is 3.33. The van der Waals surface area contributed by atoms with Crippen LogP contribution in [0.5, 0.6) is 0 Å². The zero-order valence-electron chi connectivity index (χ0n) is 23.9. The van der Waals surface area contributed by atoms with Crippen molar-refractivity contribution in [1.29, 1.82) is 0 Å². The minimum Gasteiger partial charge on any atom is -0.396 e. The normalized spacial score (nSPS) is 28.5. The summed E-state index contributed by atoms with van der Waals surface area (Å²) in [6.45, 7) is 2.26.